The number of rotatable bonds is 40. The largest absolute Gasteiger partial charge is 0.462 e. The Kier molecular flexibility index (Phi) is 31.7. The van der Waals surface area contributed by atoms with E-state index in [0.717, 1.165) is 54.1 Å². The fourth-order valence-electron chi connectivity index (χ4n) is 12.5. The minimum Gasteiger partial charge on any atom is -0.462 e. The molecule has 29 heteroatoms. The predicted molar refractivity (Wildman–Crippen MR) is 428 cm³/mol. The third kappa shape index (κ3) is 23.5. The van der Waals surface area contributed by atoms with Crippen LogP contribution in [0.5, 0.6) is 0 Å². The summed E-state index contributed by atoms with van der Waals surface area (Å²) in [5.41, 5.74) is 4.64. The number of benzene rings is 6. The number of hydrogen-bond acceptors (Lipinski definition) is 19. The van der Waals surface area contributed by atoms with Crippen LogP contribution in [0.15, 0.2) is 170 Å². The third-order valence-electron chi connectivity index (χ3n) is 18.4. The molecule has 0 spiro atoms. The molecule has 4 N–H and O–H groups in total. The monoisotopic (exact) mass is 1540 g/mol. The van der Waals surface area contributed by atoms with Crippen molar-refractivity contribution in [2.45, 2.75) is 203 Å². The molecule has 0 saturated carbocycles. The Labute approximate surface area is 644 Å². The highest BCUT2D eigenvalue weighted by molar-refractivity contribution is 8.01. The number of anilines is 5. The van der Waals surface area contributed by atoms with Crippen LogP contribution >= 0.6 is 11.8 Å². The van der Waals surface area contributed by atoms with Gasteiger partial charge in [0.2, 0.25) is 28.8 Å². The van der Waals surface area contributed by atoms with Crippen LogP contribution in [0.2, 0.25) is 0 Å². The van der Waals surface area contributed by atoms with E-state index in [-0.39, 0.29) is 68.7 Å². The maximum absolute atomic E-state index is 14.6. The van der Waals surface area contributed by atoms with Gasteiger partial charge < -0.3 is 30.3 Å². The number of carbonyl (C=O) groups is 5. The lowest BCUT2D eigenvalue weighted by Crippen LogP contribution is -2.48. The maximum Gasteiger partial charge on any atom is 0.338 e. The number of ether oxygens (including phenoxy) is 2. The molecular weight excluding hydrogens is 1440 g/mol. The molecule has 4 amide bonds. The zero-order valence-electron chi connectivity index (χ0n) is 63.3. The summed E-state index contributed by atoms with van der Waals surface area (Å²) in [5.74, 6) is -2.64. The van der Waals surface area contributed by atoms with Crippen LogP contribution < -0.4 is 26.2 Å². The summed E-state index contributed by atoms with van der Waals surface area (Å²) in [4.78, 5) is 77.2. The summed E-state index contributed by atoms with van der Waals surface area (Å²) in [7, 11) is -6.79. The molecular formula is C80H101N15O11S3. The second-order valence-electron chi connectivity index (χ2n) is 27.0. The van der Waals surface area contributed by atoms with Crippen molar-refractivity contribution in [2.24, 2.45) is 9.39 Å². The predicted octanol–water partition coefficient (Wildman–Crippen LogP) is 15.8. The number of aliphatic imine (C=N–C) groups is 1. The number of esters is 1. The molecule has 109 heavy (non-hydrogen) atoms. The molecule has 580 valence electrons. The van der Waals surface area contributed by atoms with Gasteiger partial charge in [-0.2, -0.15) is 18.1 Å². The molecule has 4 heterocycles. The molecule has 2 unspecified atom stereocenters. The van der Waals surface area contributed by atoms with Gasteiger partial charge in [-0.15, -0.1) is 14.6 Å². The highest BCUT2D eigenvalue weighted by Gasteiger charge is 2.43. The van der Waals surface area contributed by atoms with Crippen molar-refractivity contribution < 1.29 is 50.3 Å². The summed E-state index contributed by atoms with van der Waals surface area (Å²) in [6, 6.07) is 39.4. The van der Waals surface area contributed by atoms with Crippen LogP contribution in [-0.2, 0) is 48.7 Å². The number of thioether (sulfide) groups is 1. The van der Waals surface area contributed by atoms with E-state index in [0.29, 0.717) is 59.2 Å². The minimum atomic E-state index is -4.26. The van der Waals surface area contributed by atoms with Crippen molar-refractivity contribution in [1.29, 1.82) is 0 Å². The van der Waals surface area contributed by atoms with E-state index in [1.165, 1.54) is 142 Å². The standard InChI is InChI=1S/C40H52N8O5S2.C40H49N7O6S/c1-4-5-6-7-8-9-10-11-12-18-27-53-28-19-26-47-38(42-34-22-16-17-23-36(34)55(47,51)52)37(54-40-44-45-46-48(40)33-20-14-13-15-21-33)39(50)43-35-29-32(41-31(3)49)25-24-30(35)2;1-5-6-7-8-9-10-11-12-13-19-26-53-39(50)31-25-24-28(2)32(27-31)42-38(49)35(37-45-54(51,52)34-23-18-17-22-33(34)46(37)4)47-40(41-29(3)48)43-36(44-47)30-20-15-14-16-21-30/h13-17,20-25,29,37H,4-12,18-19,26-28H2,1-3H3,(H,41,49)(H,43,50);14-18,20-25,27,35H,5-13,19,26H2,1-4H3,(H,42,49)(H,41,43,44,48). The van der Waals surface area contributed by atoms with Gasteiger partial charge in [-0.3, -0.25) is 28.8 Å². The number of para-hydroxylation sites is 3. The summed E-state index contributed by atoms with van der Waals surface area (Å²) >= 11 is 0.990. The summed E-state index contributed by atoms with van der Waals surface area (Å²) in [5, 5.41) is 27.1. The second kappa shape index (κ2) is 41.6. The number of nitrogens with zero attached hydrogens (tertiary/aromatic N) is 11. The molecule has 0 saturated heterocycles. The quantitative estimate of drug-likeness (QED) is 0.0157. The first kappa shape index (κ1) is 83.1. The molecule has 6 aromatic carbocycles. The van der Waals surface area contributed by atoms with E-state index in [9.17, 15) is 40.8 Å². The maximum atomic E-state index is 14.6. The number of hydrogen-bond donors (Lipinski definition) is 4. The summed E-state index contributed by atoms with van der Waals surface area (Å²) in [6.45, 7) is 12.0. The molecule has 0 aliphatic carbocycles. The molecule has 26 nitrogen and oxygen atoms in total. The molecule has 10 rings (SSSR count). The van der Waals surface area contributed by atoms with Gasteiger partial charge in [0.1, 0.15) is 15.6 Å². The number of aromatic nitrogens is 7. The first-order chi connectivity index (χ1) is 52.7. The topological polar surface area (TPSA) is 326 Å². The van der Waals surface area contributed by atoms with Crippen LogP contribution in [0, 0.1) is 13.8 Å². The first-order valence-corrected chi connectivity index (χ1v) is 41.5. The van der Waals surface area contributed by atoms with E-state index >= 15 is 0 Å². The van der Waals surface area contributed by atoms with Gasteiger partial charge in [0.05, 0.1) is 29.2 Å². The number of amidine groups is 2. The number of carbonyl (C=O) groups excluding carboxylic acids is 5. The van der Waals surface area contributed by atoms with E-state index in [1.54, 1.807) is 105 Å². The Bertz CT molecular complexity index is 4670. The average molecular weight is 1540 g/mol. The Morgan fingerprint density at radius 1 is 0.560 bits per heavy atom. The van der Waals surface area contributed by atoms with Crippen LogP contribution in [0.25, 0.3) is 17.1 Å². The number of sulfonamides is 2. The molecule has 2 aliphatic heterocycles. The van der Waals surface area contributed by atoms with Crippen molar-refractivity contribution in [1.82, 2.24) is 39.3 Å². The van der Waals surface area contributed by atoms with Gasteiger partial charge in [0.25, 0.3) is 26.0 Å². The van der Waals surface area contributed by atoms with Crippen molar-refractivity contribution in [3.8, 4) is 17.1 Å². The molecule has 2 atom stereocenters. The highest BCUT2D eigenvalue weighted by atomic mass is 32.2. The Balaban J connectivity index is 0.000000251. The molecule has 2 aromatic heterocycles. The van der Waals surface area contributed by atoms with Gasteiger partial charge in [-0.1, -0.05) is 226 Å². The van der Waals surface area contributed by atoms with Crippen molar-refractivity contribution in [2.75, 3.05) is 59.6 Å². The Morgan fingerprint density at radius 2 is 1.11 bits per heavy atom. The van der Waals surface area contributed by atoms with Gasteiger partial charge in [-0.25, -0.2) is 22.9 Å². The smallest absolute Gasteiger partial charge is 0.338 e. The fraction of sp³-hybridized carbons (Fsp3) is 0.425. The molecule has 0 fully saturated rings. The Hall–Kier alpha value is -9.97. The van der Waals surface area contributed by atoms with Crippen molar-refractivity contribution in [3.63, 3.8) is 0 Å². The van der Waals surface area contributed by atoms with Crippen LogP contribution in [-0.4, -0.2) is 136 Å². The highest BCUT2D eigenvalue weighted by Crippen LogP contribution is 2.39. The second-order valence-corrected chi connectivity index (χ2v) is 31.5. The number of aryl methyl sites for hydroxylation is 2. The lowest BCUT2D eigenvalue weighted by molar-refractivity contribution is -0.118. The molecule has 2 aliphatic rings. The molecule has 0 radical (unpaired) electrons. The summed E-state index contributed by atoms with van der Waals surface area (Å²) < 4.78 is 75.2. The zero-order valence-corrected chi connectivity index (χ0v) is 65.8. The lowest BCUT2D eigenvalue weighted by Gasteiger charge is -2.33. The first-order valence-electron chi connectivity index (χ1n) is 37.7. The number of fused-ring (bicyclic) bond motifs is 2. The number of amides is 4. The zero-order chi connectivity index (χ0) is 77.7. The van der Waals surface area contributed by atoms with Crippen molar-refractivity contribution in [3.05, 3.63) is 162 Å². The van der Waals surface area contributed by atoms with E-state index in [1.807, 2.05) is 43.3 Å². The number of unbranched alkanes of at least 4 members (excludes halogenated alkanes) is 18. The summed E-state index contributed by atoms with van der Waals surface area (Å²) in [6.07, 6.45) is 24.4. The number of likely N-dealkylation sites (N-methyl/N-ethyl adjacent to an activating group) is 1. The van der Waals surface area contributed by atoms with Gasteiger partial charge in [0.15, 0.2) is 23.0 Å². The number of tetrazole rings is 1. The molecule has 8 aromatic rings. The van der Waals surface area contributed by atoms with Gasteiger partial charge >= 0.3 is 5.97 Å². The van der Waals surface area contributed by atoms with Crippen LogP contribution in [0.4, 0.5) is 34.4 Å². The van der Waals surface area contributed by atoms with Crippen molar-refractivity contribution >= 4 is 107 Å². The SMILES string of the molecule is CCCCCCCCCCCCOC(=O)c1ccc(C)c(NC(=O)C(C2=NS(=O)(=O)c3ccccc3N2C)n2nc(-c3ccccc3)nc2NC(C)=O)c1.CCCCCCCCCCCCOCCCN1C(C(Sc2nnnn2-c2ccccc2)C(=O)Nc2cc(NC(C)=O)ccc2C)=Nc2ccccc2S1(=O)=O. The van der Waals surface area contributed by atoms with E-state index < -0.39 is 55.0 Å². The normalized spacial score (nSPS) is 13.8. The molecule has 0 bridgehead atoms. The van der Waals surface area contributed by atoms with Crippen LogP contribution in [0.3, 0.4) is 0 Å². The van der Waals surface area contributed by atoms with E-state index in [2.05, 4.69) is 65.1 Å². The van der Waals surface area contributed by atoms with Crippen LogP contribution in [0.1, 0.15) is 190 Å². The Morgan fingerprint density at radius 3 is 1.75 bits per heavy atom. The third-order valence-corrected chi connectivity index (χ3v) is 22.7. The lowest BCUT2D eigenvalue weighted by atomic mass is 10.1. The fourth-order valence-corrected chi connectivity index (χ4v) is 16.5. The van der Waals surface area contributed by atoms with Gasteiger partial charge in [0, 0.05) is 63.3 Å². The average Bonchev–Trinajstić information content (AvgIpc) is 1.44. The minimum absolute atomic E-state index is 0.0224. The number of nitrogens with one attached hydrogen (secondary N) is 4. The van der Waals surface area contributed by atoms with Gasteiger partial charge in [-0.05, 0) is 115 Å². The van der Waals surface area contributed by atoms with E-state index in [4.69, 9.17) is 14.5 Å².